The maximum Gasteiger partial charge on any atom is 0.293 e. The number of rotatable bonds is 9. The Balaban J connectivity index is 1.47. The summed E-state index contributed by atoms with van der Waals surface area (Å²) < 4.78 is 21.9. The van der Waals surface area contributed by atoms with Crippen LogP contribution in [0.3, 0.4) is 0 Å². The zero-order valence-corrected chi connectivity index (χ0v) is 19.6. The number of para-hydroxylation sites is 2. The van der Waals surface area contributed by atoms with Gasteiger partial charge in [0.15, 0.2) is 11.5 Å². The fourth-order valence-corrected chi connectivity index (χ4v) is 4.23. The summed E-state index contributed by atoms with van der Waals surface area (Å²) in [6.07, 6.45) is 1.46. The fraction of sp³-hybridized carbons (Fsp3) is 0.167. The number of furan rings is 1. The summed E-state index contributed by atoms with van der Waals surface area (Å²) >= 11 is 0.794. The predicted octanol–water partition coefficient (Wildman–Crippen LogP) is 4.99. The molecule has 0 N–H and O–H groups in total. The van der Waals surface area contributed by atoms with Crippen LogP contribution < -0.4 is 14.2 Å². The average Bonchev–Trinajstić information content (AvgIpc) is 3.43. The minimum absolute atomic E-state index is 0.0638. The number of nitro groups is 1. The Kier molecular flexibility index (Phi) is 7.06. The first-order valence-electron chi connectivity index (χ1n) is 10.3. The molecule has 1 aromatic heterocycles. The molecule has 0 radical (unpaired) electrons. The number of nitrogens with zero attached hydrogens (tertiary/aromatic N) is 2. The number of thioether (sulfide) groups is 1. The van der Waals surface area contributed by atoms with Crippen LogP contribution in [0.15, 0.2) is 63.9 Å². The summed E-state index contributed by atoms with van der Waals surface area (Å²) in [5, 5.41) is 10.7. The highest BCUT2D eigenvalue weighted by Gasteiger charge is 2.35. The zero-order chi connectivity index (χ0) is 24.9. The quantitative estimate of drug-likeness (QED) is 0.229. The molecule has 2 heterocycles. The molecule has 0 bridgehead atoms. The lowest BCUT2D eigenvalue weighted by Crippen LogP contribution is -2.32. The van der Waals surface area contributed by atoms with E-state index in [1.165, 1.54) is 38.5 Å². The summed E-state index contributed by atoms with van der Waals surface area (Å²) in [6, 6.07) is 14.5. The van der Waals surface area contributed by atoms with E-state index in [4.69, 9.17) is 18.6 Å². The van der Waals surface area contributed by atoms with Gasteiger partial charge in [-0.25, -0.2) is 0 Å². The smallest absolute Gasteiger partial charge is 0.293 e. The van der Waals surface area contributed by atoms with Gasteiger partial charge in [0.05, 0.1) is 36.2 Å². The van der Waals surface area contributed by atoms with Gasteiger partial charge in [-0.05, 0) is 42.1 Å². The van der Waals surface area contributed by atoms with Crippen LogP contribution in [-0.2, 0) is 4.79 Å². The van der Waals surface area contributed by atoms with Gasteiger partial charge in [0.25, 0.3) is 16.8 Å². The lowest BCUT2D eigenvalue weighted by molar-refractivity contribution is -0.384. The second-order valence-electron chi connectivity index (χ2n) is 7.18. The topological polar surface area (TPSA) is 121 Å². The third-order valence-corrected chi connectivity index (χ3v) is 5.98. The predicted molar refractivity (Wildman–Crippen MR) is 129 cm³/mol. The van der Waals surface area contributed by atoms with E-state index in [1.54, 1.807) is 30.3 Å². The largest absolute Gasteiger partial charge is 0.496 e. The van der Waals surface area contributed by atoms with Gasteiger partial charge >= 0.3 is 0 Å². The number of amides is 2. The maximum atomic E-state index is 12.8. The van der Waals surface area contributed by atoms with Crippen molar-refractivity contribution < 1.29 is 33.1 Å². The molecule has 3 aromatic rings. The number of imide groups is 1. The SMILES string of the molecule is COc1ccccc1OCCN1C(=O)S/C(=C\c2ccc(-c3cc([N+](=O)[O-])ccc3OC)o2)C1=O. The second kappa shape index (κ2) is 10.3. The highest BCUT2D eigenvalue weighted by Crippen LogP contribution is 2.37. The number of carbonyl (C=O) groups excluding carboxylic acids is 2. The third kappa shape index (κ3) is 5.14. The van der Waals surface area contributed by atoms with Crippen LogP contribution in [-0.4, -0.2) is 48.3 Å². The maximum absolute atomic E-state index is 12.8. The van der Waals surface area contributed by atoms with Gasteiger partial charge in [0.2, 0.25) is 0 Å². The van der Waals surface area contributed by atoms with E-state index < -0.39 is 16.1 Å². The Morgan fingerprint density at radius 2 is 1.77 bits per heavy atom. The van der Waals surface area contributed by atoms with Gasteiger partial charge < -0.3 is 18.6 Å². The van der Waals surface area contributed by atoms with Gasteiger partial charge in [0.1, 0.15) is 23.9 Å². The Labute approximate surface area is 204 Å². The molecule has 11 heteroatoms. The van der Waals surface area contributed by atoms with Crippen LogP contribution in [0.1, 0.15) is 5.76 Å². The van der Waals surface area contributed by atoms with Gasteiger partial charge in [0, 0.05) is 18.2 Å². The molecule has 0 unspecified atom stereocenters. The summed E-state index contributed by atoms with van der Waals surface area (Å²) in [5.41, 5.74) is 0.276. The summed E-state index contributed by atoms with van der Waals surface area (Å²) in [4.78, 5) is 37.1. The van der Waals surface area contributed by atoms with Gasteiger partial charge in [-0.1, -0.05) is 12.1 Å². The van der Waals surface area contributed by atoms with Crippen LogP contribution in [0.4, 0.5) is 10.5 Å². The van der Waals surface area contributed by atoms with Crippen LogP contribution in [0.2, 0.25) is 0 Å². The van der Waals surface area contributed by atoms with E-state index in [2.05, 4.69) is 0 Å². The fourth-order valence-electron chi connectivity index (χ4n) is 3.38. The van der Waals surface area contributed by atoms with Crippen molar-refractivity contribution in [2.75, 3.05) is 27.4 Å². The van der Waals surface area contributed by atoms with Crippen molar-refractivity contribution in [3.8, 4) is 28.6 Å². The number of nitro benzene ring substituents is 1. The molecule has 0 saturated carbocycles. The number of ether oxygens (including phenoxy) is 3. The second-order valence-corrected chi connectivity index (χ2v) is 8.17. The number of carbonyl (C=O) groups is 2. The number of benzene rings is 2. The van der Waals surface area contributed by atoms with Gasteiger partial charge in [-0.15, -0.1) is 0 Å². The van der Waals surface area contributed by atoms with E-state index in [0.29, 0.717) is 34.3 Å². The van der Waals surface area contributed by atoms with E-state index in [1.807, 2.05) is 6.07 Å². The Morgan fingerprint density at radius 3 is 2.49 bits per heavy atom. The zero-order valence-electron chi connectivity index (χ0n) is 18.8. The summed E-state index contributed by atoms with van der Waals surface area (Å²) in [7, 11) is 2.97. The minimum Gasteiger partial charge on any atom is -0.496 e. The van der Waals surface area contributed by atoms with Gasteiger partial charge in [-0.3, -0.25) is 24.6 Å². The Morgan fingerprint density at radius 1 is 1.03 bits per heavy atom. The number of methoxy groups -OCH3 is 2. The van der Waals surface area contributed by atoms with Crippen molar-refractivity contribution in [1.29, 1.82) is 0 Å². The lowest BCUT2D eigenvalue weighted by atomic mass is 10.1. The van der Waals surface area contributed by atoms with Crippen molar-refractivity contribution in [2.24, 2.45) is 0 Å². The van der Waals surface area contributed by atoms with Crippen LogP contribution in [0, 0.1) is 10.1 Å². The van der Waals surface area contributed by atoms with Crippen molar-refractivity contribution >= 4 is 34.7 Å². The number of hydrogen-bond acceptors (Lipinski definition) is 9. The molecule has 0 aliphatic carbocycles. The van der Waals surface area contributed by atoms with E-state index in [0.717, 1.165) is 16.7 Å². The molecule has 2 aromatic carbocycles. The van der Waals surface area contributed by atoms with Crippen LogP contribution >= 0.6 is 11.8 Å². The standard InChI is InChI=1S/C24H20N2O8S/c1-31-18-9-7-15(26(29)30)13-17(18)19-10-8-16(34-19)14-22-23(27)25(24(28)35-22)11-12-33-21-6-4-3-5-20(21)32-2/h3-10,13-14H,11-12H2,1-2H3/b22-14-. The van der Waals surface area contributed by atoms with Crippen molar-refractivity contribution in [2.45, 2.75) is 0 Å². The molecule has 1 saturated heterocycles. The molecule has 0 spiro atoms. The van der Waals surface area contributed by atoms with E-state index in [-0.39, 0.29) is 23.7 Å². The molecule has 1 aliphatic rings. The molecule has 2 amide bonds. The molecule has 35 heavy (non-hydrogen) atoms. The molecular formula is C24H20N2O8S. The first kappa shape index (κ1) is 23.9. The highest BCUT2D eigenvalue weighted by atomic mass is 32.2. The van der Waals surface area contributed by atoms with E-state index >= 15 is 0 Å². The average molecular weight is 496 g/mol. The molecule has 0 atom stereocenters. The first-order valence-corrected chi connectivity index (χ1v) is 11.2. The number of hydrogen-bond donors (Lipinski definition) is 0. The normalized spacial score (nSPS) is 14.5. The number of non-ortho nitro benzene ring substituents is 1. The lowest BCUT2D eigenvalue weighted by Gasteiger charge is -2.14. The molecule has 180 valence electrons. The van der Waals surface area contributed by atoms with Crippen molar-refractivity contribution in [1.82, 2.24) is 4.90 Å². The molecular weight excluding hydrogens is 476 g/mol. The van der Waals surface area contributed by atoms with E-state index in [9.17, 15) is 19.7 Å². The molecule has 1 aliphatic heterocycles. The molecule has 1 fully saturated rings. The molecule has 10 nitrogen and oxygen atoms in total. The monoisotopic (exact) mass is 496 g/mol. The third-order valence-electron chi connectivity index (χ3n) is 5.07. The van der Waals surface area contributed by atoms with Crippen molar-refractivity contribution in [3.05, 3.63) is 75.4 Å². The van der Waals surface area contributed by atoms with Crippen LogP contribution in [0.5, 0.6) is 17.2 Å². The van der Waals surface area contributed by atoms with Crippen LogP contribution in [0.25, 0.3) is 17.4 Å². The Bertz CT molecular complexity index is 1320. The van der Waals surface area contributed by atoms with Gasteiger partial charge in [-0.2, -0.15) is 0 Å². The van der Waals surface area contributed by atoms with Crippen molar-refractivity contribution in [3.63, 3.8) is 0 Å². The minimum atomic E-state index is -0.514. The summed E-state index contributed by atoms with van der Waals surface area (Å²) in [6.45, 7) is 0.164. The Hall–Kier alpha value is -4.25. The summed E-state index contributed by atoms with van der Waals surface area (Å²) in [5.74, 6) is 1.62. The first-order chi connectivity index (χ1) is 16.9. The molecule has 4 rings (SSSR count). The highest BCUT2D eigenvalue weighted by molar-refractivity contribution is 8.18.